The van der Waals surface area contributed by atoms with Crippen LogP contribution in [-0.4, -0.2) is 17.6 Å². The Balaban J connectivity index is 2.06. The van der Waals surface area contributed by atoms with Crippen molar-refractivity contribution in [3.63, 3.8) is 0 Å². The molecule has 0 radical (unpaired) electrons. The molecule has 0 spiro atoms. The van der Waals surface area contributed by atoms with Crippen LogP contribution in [0.5, 0.6) is 0 Å². The van der Waals surface area contributed by atoms with Crippen LogP contribution in [0.1, 0.15) is 15.9 Å². The molecule has 0 heterocycles. The molecular formula is C16H13NO2. The standard InChI is InChI=1S/C16H13NO2/c18-12-4-5-13-8-10-15(11-9-13)17-16(19)14-6-2-1-3-7-14/h1-3,6-11,18H,12H2,(H,17,19). The molecule has 0 fully saturated rings. The van der Waals surface area contributed by atoms with Crippen LogP contribution in [-0.2, 0) is 0 Å². The van der Waals surface area contributed by atoms with Gasteiger partial charge in [-0.15, -0.1) is 0 Å². The average molecular weight is 251 g/mol. The van der Waals surface area contributed by atoms with Crippen molar-refractivity contribution in [2.45, 2.75) is 0 Å². The van der Waals surface area contributed by atoms with Crippen molar-refractivity contribution in [3.05, 3.63) is 65.7 Å². The van der Waals surface area contributed by atoms with Gasteiger partial charge in [-0.05, 0) is 36.4 Å². The Labute approximate surface area is 111 Å². The SMILES string of the molecule is O=C(Nc1ccc(C#CCO)cc1)c1ccccc1. The zero-order valence-corrected chi connectivity index (χ0v) is 10.3. The van der Waals surface area contributed by atoms with E-state index in [1.54, 1.807) is 36.4 Å². The number of aliphatic hydroxyl groups is 1. The van der Waals surface area contributed by atoms with Gasteiger partial charge in [0.05, 0.1) is 0 Å². The third-order valence-corrected chi connectivity index (χ3v) is 2.49. The number of hydrogen-bond acceptors (Lipinski definition) is 2. The van der Waals surface area contributed by atoms with Gasteiger partial charge in [-0.25, -0.2) is 0 Å². The molecule has 0 atom stereocenters. The fourth-order valence-corrected chi connectivity index (χ4v) is 1.57. The molecule has 1 amide bonds. The number of carbonyl (C=O) groups is 1. The molecule has 0 unspecified atom stereocenters. The molecule has 2 aromatic carbocycles. The number of amides is 1. The van der Waals surface area contributed by atoms with Crippen LogP contribution >= 0.6 is 0 Å². The maximum Gasteiger partial charge on any atom is 0.255 e. The van der Waals surface area contributed by atoms with Crippen molar-refractivity contribution in [2.24, 2.45) is 0 Å². The van der Waals surface area contributed by atoms with Crippen LogP contribution in [0, 0.1) is 11.8 Å². The monoisotopic (exact) mass is 251 g/mol. The minimum absolute atomic E-state index is 0.144. The number of hydrogen-bond donors (Lipinski definition) is 2. The molecule has 2 N–H and O–H groups in total. The summed E-state index contributed by atoms with van der Waals surface area (Å²) in [4.78, 5) is 11.9. The van der Waals surface area contributed by atoms with Gasteiger partial charge in [0, 0.05) is 16.8 Å². The van der Waals surface area contributed by atoms with Gasteiger partial charge in [0.1, 0.15) is 6.61 Å². The lowest BCUT2D eigenvalue weighted by Gasteiger charge is -2.05. The van der Waals surface area contributed by atoms with E-state index in [-0.39, 0.29) is 12.5 Å². The van der Waals surface area contributed by atoms with Crippen LogP contribution < -0.4 is 5.32 Å². The van der Waals surface area contributed by atoms with E-state index in [0.29, 0.717) is 11.3 Å². The lowest BCUT2D eigenvalue weighted by Crippen LogP contribution is -2.11. The molecule has 0 aliphatic rings. The van der Waals surface area contributed by atoms with Crippen molar-refractivity contribution < 1.29 is 9.90 Å². The van der Waals surface area contributed by atoms with Crippen LogP contribution in [0.15, 0.2) is 54.6 Å². The summed E-state index contributed by atoms with van der Waals surface area (Å²) in [5.74, 6) is 5.22. The van der Waals surface area contributed by atoms with E-state index in [0.717, 1.165) is 5.56 Å². The molecule has 0 aliphatic carbocycles. The van der Waals surface area contributed by atoms with Crippen molar-refractivity contribution in [3.8, 4) is 11.8 Å². The summed E-state index contributed by atoms with van der Waals surface area (Å²) in [6, 6.07) is 16.2. The van der Waals surface area contributed by atoms with Gasteiger partial charge in [0.15, 0.2) is 0 Å². The summed E-state index contributed by atoms with van der Waals surface area (Å²) in [6.45, 7) is -0.160. The summed E-state index contributed by atoms with van der Waals surface area (Å²) >= 11 is 0. The maximum absolute atomic E-state index is 11.9. The normalized spacial score (nSPS) is 9.32. The molecule has 3 heteroatoms. The minimum Gasteiger partial charge on any atom is -0.384 e. The Morgan fingerprint density at radius 3 is 2.37 bits per heavy atom. The smallest absolute Gasteiger partial charge is 0.255 e. The predicted molar refractivity (Wildman–Crippen MR) is 74.8 cm³/mol. The van der Waals surface area contributed by atoms with E-state index in [1.165, 1.54) is 0 Å². The third kappa shape index (κ3) is 3.70. The second kappa shape index (κ2) is 6.39. The third-order valence-electron chi connectivity index (χ3n) is 2.49. The van der Waals surface area contributed by atoms with E-state index in [2.05, 4.69) is 17.2 Å². The van der Waals surface area contributed by atoms with Crippen molar-refractivity contribution in [1.29, 1.82) is 0 Å². The molecule has 0 aromatic heterocycles. The molecular weight excluding hydrogens is 238 g/mol. The predicted octanol–water partition coefficient (Wildman–Crippen LogP) is 2.28. The first kappa shape index (κ1) is 12.9. The van der Waals surface area contributed by atoms with Gasteiger partial charge in [-0.1, -0.05) is 30.0 Å². The summed E-state index contributed by atoms with van der Waals surface area (Å²) in [6.07, 6.45) is 0. The van der Waals surface area contributed by atoms with E-state index < -0.39 is 0 Å². The zero-order chi connectivity index (χ0) is 13.5. The maximum atomic E-state index is 11.9. The highest BCUT2D eigenvalue weighted by Crippen LogP contribution is 2.10. The van der Waals surface area contributed by atoms with Crippen molar-refractivity contribution >= 4 is 11.6 Å². The van der Waals surface area contributed by atoms with E-state index in [9.17, 15) is 4.79 Å². The van der Waals surface area contributed by atoms with Crippen LogP contribution in [0.3, 0.4) is 0 Å². The van der Waals surface area contributed by atoms with Crippen LogP contribution in [0.2, 0.25) is 0 Å². The highest BCUT2D eigenvalue weighted by Gasteiger charge is 2.04. The molecule has 0 saturated carbocycles. The average Bonchev–Trinajstić information content (AvgIpc) is 2.47. The molecule has 0 aliphatic heterocycles. The number of aliphatic hydroxyl groups excluding tert-OH is 1. The quantitative estimate of drug-likeness (QED) is 0.804. The number of carbonyl (C=O) groups excluding carboxylic acids is 1. The summed E-state index contributed by atoms with van der Waals surface area (Å²) in [5, 5.41) is 11.4. The topological polar surface area (TPSA) is 49.3 Å². The molecule has 0 saturated heterocycles. The van der Waals surface area contributed by atoms with E-state index in [1.807, 2.05) is 18.2 Å². The second-order valence-electron chi connectivity index (χ2n) is 3.86. The summed E-state index contributed by atoms with van der Waals surface area (Å²) in [7, 11) is 0. The minimum atomic E-state index is -0.160. The van der Waals surface area contributed by atoms with Gasteiger partial charge < -0.3 is 10.4 Å². The number of benzene rings is 2. The highest BCUT2D eigenvalue weighted by molar-refractivity contribution is 6.04. The van der Waals surface area contributed by atoms with E-state index >= 15 is 0 Å². The Bertz CT molecular complexity index is 607. The van der Waals surface area contributed by atoms with Crippen molar-refractivity contribution in [1.82, 2.24) is 0 Å². The number of nitrogens with one attached hydrogen (secondary N) is 1. The number of rotatable bonds is 2. The molecule has 2 rings (SSSR count). The molecule has 3 nitrogen and oxygen atoms in total. The zero-order valence-electron chi connectivity index (χ0n) is 10.3. The molecule has 94 valence electrons. The van der Waals surface area contributed by atoms with Gasteiger partial charge in [0.2, 0.25) is 0 Å². The number of anilines is 1. The van der Waals surface area contributed by atoms with Gasteiger partial charge >= 0.3 is 0 Å². The van der Waals surface area contributed by atoms with Gasteiger partial charge in [-0.3, -0.25) is 4.79 Å². The first-order valence-electron chi connectivity index (χ1n) is 5.86. The summed E-state index contributed by atoms with van der Waals surface area (Å²) in [5.41, 5.74) is 2.13. The fraction of sp³-hybridized carbons (Fsp3) is 0.0625. The van der Waals surface area contributed by atoms with E-state index in [4.69, 9.17) is 5.11 Å². The first-order chi connectivity index (χ1) is 9.29. The van der Waals surface area contributed by atoms with Crippen LogP contribution in [0.4, 0.5) is 5.69 Å². The molecule has 2 aromatic rings. The largest absolute Gasteiger partial charge is 0.384 e. The second-order valence-corrected chi connectivity index (χ2v) is 3.86. The molecule has 0 bridgehead atoms. The molecule has 19 heavy (non-hydrogen) atoms. The van der Waals surface area contributed by atoms with Crippen molar-refractivity contribution in [2.75, 3.05) is 11.9 Å². The lowest BCUT2D eigenvalue weighted by atomic mass is 10.2. The summed E-state index contributed by atoms with van der Waals surface area (Å²) < 4.78 is 0. The fourth-order valence-electron chi connectivity index (χ4n) is 1.57. The Morgan fingerprint density at radius 1 is 1.05 bits per heavy atom. The lowest BCUT2D eigenvalue weighted by molar-refractivity contribution is 0.102. The first-order valence-corrected chi connectivity index (χ1v) is 5.86. The highest BCUT2D eigenvalue weighted by atomic mass is 16.2. The van der Waals surface area contributed by atoms with Gasteiger partial charge in [0.25, 0.3) is 5.91 Å². The van der Waals surface area contributed by atoms with Crippen LogP contribution in [0.25, 0.3) is 0 Å². The Hall–Kier alpha value is -2.57. The Morgan fingerprint density at radius 2 is 1.74 bits per heavy atom. The Kier molecular flexibility index (Phi) is 4.33. The van der Waals surface area contributed by atoms with Gasteiger partial charge in [-0.2, -0.15) is 0 Å².